The van der Waals surface area contributed by atoms with Gasteiger partial charge >= 0.3 is 0 Å². The van der Waals surface area contributed by atoms with Crippen LogP contribution >= 0.6 is 0 Å². The van der Waals surface area contributed by atoms with Crippen molar-refractivity contribution in [1.82, 2.24) is 4.90 Å². The van der Waals surface area contributed by atoms with E-state index in [1.165, 1.54) is 18.2 Å². The lowest BCUT2D eigenvalue weighted by Crippen LogP contribution is -2.27. The molecule has 2 rings (SSSR count). The van der Waals surface area contributed by atoms with E-state index in [1.807, 2.05) is 0 Å². The summed E-state index contributed by atoms with van der Waals surface area (Å²) in [6.45, 7) is 5.05. The zero-order valence-corrected chi connectivity index (χ0v) is 9.28. The van der Waals surface area contributed by atoms with Crippen molar-refractivity contribution in [3.05, 3.63) is 42.1 Å². The molecule has 0 aliphatic carbocycles. The van der Waals surface area contributed by atoms with Gasteiger partial charge in [-0.05, 0) is 24.9 Å². The zero-order valence-electron chi connectivity index (χ0n) is 9.28. The predicted molar refractivity (Wildman–Crippen MR) is 61.0 cm³/mol. The third kappa shape index (κ3) is 2.80. The van der Waals surface area contributed by atoms with Gasteiger partial charge in [0.2, 0.25) is 0 Å². The molecule has 0 spiro atoms. The minimum atomic E-state index is 0.890. The van der Waals surface area contributed by atoms with Crippen LogP contribution in [0.15, 0.2) is 30.3 Å². The number of hydrogen-bond acceptors (Lipinski definition) is 2. The molecule has 0 amide bonds. The highest BCUT2D eigenvalue weighted by atomic mass is 16.5. The van der Waals surface area contributed by atoms with Crippen molar-refractivity contribution in [3.63, 3.8) is 0 Å². The number of ether oxygens (including phenoxy) is 1. The lowest BCUT2D eigenvalue weighted by Gasteiger charge is -2.25. The maximum absolute atomic E-state index is 5.62. The fourth-order valence-electron chi connectivity index (χ4n) is 1.92. The van der Waals surface area contributed by atoms with E-state index in [0.717, 1.165) is 26.1 Å². The minimum Gasteiger partial charge on any atom is -0.356 e. The lowest BCUT2D eigenvalue weighted by atomic mass is 10.2. The Hall–Kier alpha value is -0.860. The molecule has 0 atom stereocenters. The van der Waals surface area contributed by atoms with Crippen LogP contribution in [0.3, 0.4) is 0 Å². The Morgan fingerprint density at radius 2 is 2.07 bits per heavy atom. The molecule has 2 heteroatoms. The third-order valence-electron chi connectivity index (χ3n) is 2.75. The second kappa shape index (κ2) is 5.29. The Morgan fingerprint density at radius 3 is 2.67 bits per heavy atom. The van der Waals surface area contributed by atoms with Crippen molar-refractivity contribution >= 4 is 0 Å². The summed E-state index contributed by atoms with van der Waals surface area (Å²) in [7, 11) is 0. The third-order valence-corrected chi connectivity index (χ3v) is 2.75. The van der Waals surface area contributed by atoms with E-state index >= 15 is 0 Å². The molecule has 2 nitrogen and oxygen atoms in total. The van der Waals surface area contributed by atoms with Crippen molar-refractivity contribution in [1.29, 1.82) is 0 Å². The molecule has 0 saturated carbocycles. The van der Waals surface area contributed by atoms with Crippen LogP contribution in [0.4, 0.5) is 0 Å². The highest BCUT2D eigenvalue weighted by Gasteiger charge is 2.23. The summed E-state index contributed by atoms with van der Waals surface area (Å²) in [6.07, 6.45) is 3.43. The number of benzene rings is 1. The molecule has 81 valence electrons. The number of hydrogen-bond donors (Lipinski definition) is 0. The van der Waals surface area contributed by atoms with Gasteiger partial charge < -0.3 is 4.74 Å². The largest absolute Gasteiger partial charge is 0.356 e. The van der Waals surface area contributed by atoms with Gasteiger partial charge in [-0.3, -0.25) is 4.90 Å². The smallest absolute Gasteiger partial charge is 0.165 e. The van der Waals surface area contributed by atoms with Gasteiger partial charge in [-0.25, -0.2) is 0 Å². The van der Waals surface area contributed by atoms with Crippen LogP contribution in [0, 0.1) is 6.23 Å². The molecule has 1 radical (unpaired) electrons. The Bertz CT molecular complexity index is 280. The summed E-state index contributed by atoms with van der Waals surface area (Å²) < 4.78 is 5.62. The van der Waals surface area contributed by atoms with Gasteiger partial charge in [0.25, 0.3) is 0 Å². The van der Waals surface area contributed by atoms with Crippen LogP contribution in [0.25, 0.3) is 0 Å². The van der Waals surface area contributed by atoms with Crippen LogP contribution < -0.4 is 0 Å². The van der Waals surface area contributed by atoms with Crippen LogP contribution in [-0.2, 0) is 11.3 Å². The highest BCUT2D eigenvalue weighted by molar-refractivity contribution is 5.15. The van der Waals surface area contributed by atoms with E-state index in [9.17, 15) is 0 Å². The molecule has 1 aliphatic rings. The van der Waals surface area contributed by atoms with Crippen molar-refractivity contribution < 1.29 is 4.74 Å². The summed E-state index contributed by atoms with van der Waals surface area (Å²) in [6, 6.07) is 10.6. The van der Waals surface area contributed by atoms with E-state index in [0.29, 0.717) is 0 Å². The van der Waals surface area contributed by atoms with Crippen LogP contribution in [0.1, 0.15) is 25.3 Å². The Kier molecular flexibility index (Phi) is 3.75. The quantitative estimate of drug-likeness (QED) is 0.747. The van der Waals surface area contributed by atoms with Crippen molar-refractivity contribution in [2.45, 2.75) is 26.3 Å². The van der Waals surface area contributed by atoms with E-state index in [4.69, 9.17) is 4.74 Å². The maximum Gasteiger partial charge on any atom is 0.165 e. The average Bonchev–Trinajstić information content (AvgIpc) is 2.81. The van der Waals surface area contributed by atoms with E-state index < -0.39 is 0 Å². The fraction of sp³-hybridized carbons (Fsp3) is 0.462. The maximum atomic E-state index is 5.62. The topological polar surface area (TPSA) is 12.5 Å². The SMILES string of the molecule is CCN(Cc1ccccc1)[C]1CCCO1. The van der Waals surface area contributed by atoms with Gasteiger partial charge in [0, 0.05) is 13.2 Å². The first kappa shape index (κ1) is 10.7. The van der Waals surface area contributed by atoms with Gasteiger partial charge in [0.15, 0.2) is 6.23 Å². The second-order valence-corrected chi connectivity index (χ2v) is 3.85. The molecule has 1 saturated heterocycles. The van der Waals surface area contributed by atoms with Crippen molar-refractivity contribution in [3.8, 4) is 0 Å². The molecule has 1 aromatic rings. The van der Waals surface area contributed by atoms with Gasteiger partial charge in [0.1, 0.15) is 0 Å². The van der Waals surface area contributed by atoms with Crippen molar-refractivity contribution in [2.75, 3.05) is 13.2 Å². The summed E-state index contributed by atoms with van der Waals surface area (Å²) in [5.74, 6) is 0. The molecule has 1 fully saturated rings. The van der Waals surface area contributed by atoms with Crippen LogP contribution in [-0.4, -0.2) is 18.1 Å². The standard InChI is InChI=1S/C13H18NO/c1-2-14(13-9-6-10-15-13)11-12-7-4-3-5-8-12/h3-5,7-8H,2,6,9-11H2,1H3. The Labute approximate surface area is 91.9 Å². The normalized spacial score (nSPS) is 17.5. The molecule has 15 heavy (non-hydrogen) atoms. The van der Waals surface area contributed by atoms with Gasteiger partial charge in [-0.1, -0.05) is 37.3 Å². The van der Waals surface area contributed by atoms with Gasteiger partial charge in [-0.2, -0.15) is 0 Å². The van der Waals surface area contributed by atoms with E-state index in [1.54, 1.807) is 0 Å². The molecule has 1 aliphatic heterocycles. The minimum absolute atomic E-state index is 0.890. The summed E-state index contributed by atoms with van der Waals surface area (Å²) in [5.41, 5.74) is 1.35. The molecule has 0 aromatic heterocycles. The summed E-state index contributed by atoms with van der Waals surface area (Å²) >= 11 is 0. The molecule has 1 aromatic carbocycles. The number of rotatable bonds is 4. The molecule has 0 bridgehead atoms. The first-order chi connectivity index (χ1) is 7.40. The number of nitrogens with zero attached hydrogens (tertiary/aromatic N) is 1. The molecule has 1 heterocycles. The first-order valence-corrected chi connectivity index (χ1v) is 5.67. The summed E-state index contributed by atoms with van der Waals surface area (Å²) in [5, 5.41) is 0. The lowest BCUT2D eigenvalue weighted by molar-refractivity contribution is 0.0721. The second-order valence-electron chi connectivity index (χ2n) is 3.85. The highest BCUT2D eigenvalue weighted by Crippen LogP contribution is 2.25. The Balaban J connectivity index is 1.96. The van der Waals surface area contributed by atoms with Crippen LogP contribution in [0.5, 0.6) is 0 Å². The van der Waals surface area contributed by atoms with E-state index in [2.05, 4.69) is 42.2 Å². The molecular weight excluding hydrogens is 186 g/mol. The van der Waals surface area contributed by atoms with E-state index in [-0.39, 0.29) is 0 Å². The summed E-state index contributed by atoms with van der Waals surface area (Å²) in [4.78, 5) is 2.32. The average molecular weight is 204 g/mol. The molecular formula is C13H18NO. The van der Waals surface area contributed by atoms with Gasteiger partial charge in [0.05, 0.1) is 0 Å². The first-order valence-electron chi connectivity index (χ1n) is 5.67. The fourth-order valence-corrected chi connectivity index (χ4v) is 1.92. The van der Waals surface area contributed by atoms with Crippen molar-refractivity contribution in [2.24, 2.45) is 0 Å². The van der Waals surface area contributed by atoms with Gasteiger partial charge in [-0.15, -0.1) is 0 Å². The molecule has 0 N–H and O–H groups in total. The zero-order chi connectivity index (χ0) is 10.5. The predicted octanol–water partition coefficient (Wildman–Crippen LogP) is 2.81. The molecule has 0 unspecified atom stereocenters. The monoisotopic (exact) mass is 204 g/mol. The van der Waals surface area contributed by atoms with Crippen LogP contribution in [0.2, 0.25) is 0 Å². The Morgan fingerprint density at radius 1 is 1.27 bits per heavy atom.